The summed E-state index contributed by atoms with van der Waals surface area (Å²) in [6, 6.07) is 11.6. The topological polar surface area (TPSA) is 104 Å². The number of hydrogen-bond donors (Lipinski definition) is 1. The number of halogens is 1. The standard InChI is InChI=1S/C18H12ClN3O5/c19-12-4-1-10(2-5-12)17-21-16(27-22-17)9-26-18(24)11-3-6-13-14(7-11)25-8-15(23)20-13/h1-7H,8-9H2,(H,20,23). The van der Waals surface area contributed by atoms with Crippen molar-refractivity contribution in [3.63, 3.8) is 0 Å². The molecule has 1 aliphatic rings. The second-order valence-corrected chi connectivity index (χ2v) is 6.08. The molecule has 0 aliphatic carbocycles. The molecule has 4 rings (SSSR count). The monoisotopic (exact) mass is 385 g/mol. The number of nitrogens with one attached hydrogen (secondary N) is 1. The molecule has 1 aromatic heterocycles. The quantitative estimate of drug-likeness (QED) is 0.688. The van der Waals surface area contributed by atoms with E-state index in [0.29, 0.717) is 22.3 Å². The molecule has 2 aromatic carbocycles. The van der Waals surface area contributed by atoms with E-state index in [4.69, 9.17) is 25.6 Å². The number of benzene rings is 2. The first-order valence-corrected chi connectivity index (χ1v) is 8.28. The molecule has 0 atom stereocenters. The highest BCUT2D eigenvalue weighted by molar-refractivity contribution is 6.30. The number of carbonyl (C=O) groups excluding carboxylic acids is 2. The Balaban J connectivity index is 1.41. The van der Waals surface area contributed by atoms with Crippen LogP contribution >= 0.6 is 11.6 Å². The van der Waals surface area contributed by atoms with Crippen LogP contribution in [0.5, 0.6) is 5.75 Å². The minimum atomic E-state index is -0.579. The zero-order valence-corrected chi connectivity index (χ0v) is 14.5. The fraction of sp³-hybridized carbons (Fsp3) is 0.111. The molecule has 1 aliphatic heterocycles. The van der Waals surface area contributed by atoms with Crippen molar-refractivity contribution in [3.05, 3.63) is 58.9 Å². The second kappa shape index (κ2) is 7.08. The van der Waals surface area contributed by atoms with Gasteiger partial charge in [-0.3, -0.25) is 4.79 Å². The lowest BCUT2D eigenvalue weighted by Crippen LogP contribution is -2.25. The third-order valence-corrected chi connectivity index (χ3v) is 4.00. The Morgan fingerprint density at radius 3 is 2.85 bits per heavy atom. The van der Waals surface area contributed by atoms with Gasteiger partial charge in [0.25, 0.3) is 11.8 Å². The van der Waals surface area contributed by atoms with E-state index < -0.39 is 5.97 Å². The zero-order valence-electron chi connectivity index (χ0n) is 13.8. The van der Waals surface area contributed by atoms with E-state index >= 15 is 0 Å². The Bertz CT molecular complexity index is 1020. The van der Waals surface area contributed by atoms with Crippen molar-refractivity contribution in [1.29, 1.82) is 0 Å². The maximum atomic E-state index is 12.2. The van der Waals surface area contributed by atoms with Crippen LogP contribution in [0.1, 0.15) is 16.2 Å². The summed E-state index contributed by atoms with van der Waals surface area (Å²) in [5, 5.41) is 7.10. The van der Waals surface area contributed by atoms with E-state index in [1.165, 1.54) is 12.1 Å². The van der Waals surface area contributed by atoms with Crippen LogP contribution in [0, 0.1) is 0 Å². The van der Waals surface area contributed by atoms with Crippen molar-refractivity contribution in [2.24, 2.45) is 0 Å². The van der Waals surface area contributed by atoms with Crippen LogP contribution in [-0.4, -0.2) is 28.6 Å². The van der Waals surface area contributed by atoms with Crippen LogP contribution in [0.4, 0.5) is 5.69 Å². The molecular weight excluding hydrogens is 374 g/mol. The molecule has 0 spiro atoms. The first-order valence-electron chi connectivity index (χ1n) is 7.91. The van der Waals surface area contributed by atoms with Gasteiger partial charge in [0.1, 0.15) is 5.75 Å². The molecule has 3 aromatic rings. The third-order valence-electron chi connectivity index (χ3n) is 3.75. The molecule has 0 saturated carbocycles. The number of rotatable bonds is 4. The average molecular weight is 386 g/mol. The van der Waals surface area contributed by atoms with Crippen LogP contribution in [0.2, 0.25) is 5.02 Å². The van der Waals surface area contributed by atoms with Gasteiger partial charge in [-0.05, 0) is 42.5 Å². The fourth-order valence-corrected chi connectivity index (χ4v) is 2.57. The summed E-state index contributed by atoms with van der Waals surface area (Å²) in [5.41, 5.74) is 1.52. The second-order valence-electron chi connectivity index (χ2n) is 5.64. The number of fused-ring (bicyclic) bond motifs is 1. The summed E-state index contributed by atoms with van der Waals surface area (Å²) >= 11 is 5.85. The van der Waals surface area contributed by atoms with Crippen LogP contribution in [0.25, 0.3) is 11.4 Å². The summed E-state index contributed by atoms with van der Waals surface area (Å²) in [6.45, 7) is -0.269. The maximum Gasteiger partial charge on any atom is 0.338 e. The molecule has 0 bridgehead atoms. The number of aromatic nitrogens is 2. The number of amides is 1. The first-order chi connectivity index (χ1) is 13.1. The molecular formula is C18H12ClN3O5. The van der Waals surface area contributed by atoms with Gasteiger partial charge in [-0.15, -0.1) is 0 Å². The van der Waals surface area contributed by atoms with Crippen LogP contribution < -0.4 is 10.1 Å². The highest BCUT2D eigenvalue weighted by Crippen LogP contribution is 2.29. The number of hydrogen-bond acceptors (Lipinski definition) is 7. The van der Waals surface area contributed by atoms with Crippen molar-refractivity contribution in [1.82, 2.24) is 10.1 Å². The van der Waals surface area contributed by atoms with Gasteiger partial charge in [0, 0.05) is 10.6 Å². The molecule has 0 fully saturated rings. The molecule has 2 heterocycles. The highest BCUT2D eigenvalue weighted by atomic mass is 35.5. The normalized spacial score (nSPS) is 12.7. The Labute approximate surface area is 158 Å². The Kier molecular flexibility index (Phi) is 4.47. The lowest BCUT2D eigenvalue weighted by Gasteiger charge is -2.18. The van der Waals surface area contributed by atoms with E-state index in [9.17, 15) is 9.59 Å². The maximum absolute atomic E-state index is 12.2. The SMILES string of the molecule is O=C1COc2cc(C(=O)OCc3nc(-c4ccc(Cl)cc4)no3)ccc2N1. The summed E-state index contributed by atoms with van der Waals surface area (Å²) in [6.07, 6.45) is 0. The molecule has 0 unspecified atom stereocenters. The van der Waals surface area contributed by atoms with E-state index in [1.54, 1.807) is 30.3 Å². The molecule has 8 nitrogen and oxygen atoms in total. The van der Waals surface area contributed by atoms with Crippen LogP contribution in [-0.2, 0) is 16.1 Å². The molecule has 27 heavy (non-hydrogen) atoms. The van der Waals surface area contributed by atoms with Gasteiger partial charge in [-0.25, -0.2) is 4.79 Å². The summed E-state index contributed by atoms with van der Waals surface area (Å²) < 4.78 is 15.6. The van der Waals surface area contributed by atoms with Gasteiger partial charge in [-0.2, -0.15) is 4.98 Å². The largest absolute Gasteiger partial charge is 0.482 e. The van der Waals surface area contributed by atoms with E-state index in [1.807, 2.05) is 0 Å². The molecule has 9 heteroatoms. The van der Waals surface area contributed by atoms with Gasteiger partial charge < -0.3 is 19.3 Å². The van der Waals surface area contributed by atoms with E-state index in [2.05, 4.69) is 15.5 Å². The minimum Gasteiger partial charge on any atom is -0.482 e. The first kappa shape index (κ1) is 17.0. The number of nitrogens with zero attached hydrogens (tertiary/aromatic N) is 2. The van der Waals surface area contributed by atoms with Gasteiger partial charge in [-0.1, -0.05) is 16.8 Å². The predicted octanol–water partition coefficient (Wildman–Crippen LogP) is 3.08. The number of anilines is 1. The summed E-state index contributed by atoms with van der Waals surface area (Å²) in [4.78, 5) is 27.7. The van der Waals surface area contributed by atoms with Crippen LogP contribution in [0.3, 0.4) is 0 Å². The Morgan fingerprint density at radius 2 is 2.04 bits per heavy atom. The van der Waals surface area contributed by atoms with Crippen molar-refractivity contribution in [2.45, 2.75) is 6.61 Å². The van der Waals surface area contributed by atoms with Crippen molar-refractivity contribution < 1.29 is 23.6 Å². The fourth-order valence-electron chi connectivity index (χ4n) is 2.44. The lowest BCUT2D eigenvalue weighted by molar-refractivity contribution is -0.118. The summed E-state index contributed by atoms with van der Waals surface area (Å²) in [5.74, 6) is 0.118. The lowest BCUT2D eigenvalue weighted by atomic mass is 10.1. The molecule has 1 N–H and O–H groups in total. The van der Waals surface area contributed by atoms with Gasteiger partial charge >= 0.3 is 5.97 Å². The van der Waals surface area contributed by atoms with Crippen LogP contribution in [0.15, 0.2) is 47.0 Å². The third kappa shape index (κ3) is 3.75. The predicted molar refractivity (Wildman–Crippen MR) is 94.4 cm³/mol. The Hall–Kier alpha value is -3.39. The van der Waals surface area contributed by atoms with Crippen molar-refractivity contribution in [3.8, 4) is 17.1 Å². The molecule has 1 amide bonds. The molecule has 0 saturated heterocycles. The van der Waals surface area contributed by atoms with Gasteiger partial charge in [0.2, 0.25) is 5.82 Å². The van der Waals surface area contributed by atoms with E-state index in [0.717, 1.165) is 5.56 Å². The van der Waals surface area contributed by atoms with E-state index in [-0.39, 0.29) is 30.6 Å². The average Bonchev–Trinajstić information content (AvgIpc) is 3.15. The number of esters is 1. The highest BCUT2D eigenvalue weighted by Gasteiger charge is 2.19. The molecule has 136 valence electrons. The van der Waals surface area contributed by atoms with Crippen molar-refractivity contribution >= 4 is 29.2 Å². The number of ether oxygens (including phenoxy) is 2. The number of carbonyl (C=O) groups is 2. The smallest absolute Gasteiger partial charge is 0.338 e. The zero-order chi connectivity index (χ0) is 18.8. The minimum absolute atomic E-state index is 0.0963. The molecule has 0 radical (unpaired) electrons. The summed E-state index contributed by atoms with van der Waals surface area (Å²) in [7, 11) is 0. The van der Waals surface area contributed by atoms with Gasteiger partial charge in [0.05, 0.1) is 11.3 Å². The Morgan fingerprint density at radius 1 is 1.22 bits per heavy atom. The van der Waals surface area contributed by atoms with Gasteiger partial charge in [0.15, 0.2) is 13.2 Å². The van der Waals surface area contributed by atoms with Crippen molar-refractivity contribution in [2.75, 3.05) is 11.9 Å².